The van der Waals surface area contributed by atoms with Crippen LogP contribution in [0.1, 0.15) is 6.42 Å². The topological polar surface area (TPSA) is 128 Å². The highest BCUT2D eigenvalue weighted by molar-refractivity contribution is 7.51. The molecule has 0 amide bonds. The molecule has 25 heavy (non-hydrogen) atoms. The summed E-state index contributed by atoms with van der Waals surface area (Å²) in [5, 5.41) is 0. The van der Waals surface area contributed by atoms with Crippen LogP contribution < -0.4 is 0 Å². The molecule has 4 N–H and O–H groups in total. The summed E-state index contributed by atoms with van der Waals surface area (Å²) < 4.78 is 22.7. The number of nitrogens with zero attached hydrogens (tertiary/aromatic N) is 4. The largest absolute Gasteiger partial charge is 0.339 e. The van der Waals surface area contributed by atoms with E-state index in [0.717, 1.165) is 19.5 Å². The zero-order valence-electron chi connectivity index (χ0n) is 14.5. The fraction of sp³-hybridized carbons (Fsp3) is 1.00. The highest BCUT2D eigenvalue weighted by atomic mass is 31.2. The molecule has 2 rings (SSSR count). The third kappa shape index (κ3) is 9.06. The molecule has 2 aliphatic rings. The summed E-state index contributed by atoms with van der Waals surface area (Å²) in [5.41, 5.74) is 0. The lowest BCUT2D eigenvalue weighted by molar-refractivity contribution is 0.118. The van der Waals surface area contributed by atoms with Gasteiger partial charge in [-0.2, -0.15) is 0 Å². The molecule has 2 saturated heterocycles. The van der Waals surface area contributed by atoms with Gasteiger partial charge in [0.2, 0.25) is 0 Å². The monoisotopic (exact) mass is 400 g/mol. The summed E-state index contributed by atoms with van der Waals surface area (Å²) in [7, 11) is -8.16. The lowest BCUT2D eigenvalue weighted by Gasteiger charge is -2.36. The Kier molecular flexibility index (Phi) is 8.04. The molecule has 0 aromatic carbocycles. The first-order chi connectivity index (χ1) is 11.6. The lowest BCUT2D eigenvalue weighted by Crippen LogP contribution is -2.48. The van der Waals surface area contributed by atoms with Crippen LogP contribution in [0.2, 0.25) is 0 Å². The van der Waals surface area contributed by atoms with Crippen molar-refractivity contribution >= 4 is 15.2 Å². The van der Waals surface area contributed by atoms with E-state index < -0.39 is 15.2 Å². The van der Waals surface area contributed by atoms with Gasteiger partial charge in [-0.1, -0.05) is 0 Å². The minimum atomic E-state index is -4.08. The average molecular weight is 400 g/mol. The quantitative estimate of drug-likeness (QED) is 0.431. The van der Waals surface area contributed by atoms with E-state index >= 15 is 0 Å². The van der Waals surface area contributed by atoms with Crippen molar-refractivity contribution in [1.82, 2.24) is 19.6 Å². The van der Waals surface area contributed by atoms with Crippen molar-refractivity contribution in [3.05, 3.63) is 0 Å². The molecule has 2 fully saturated rings. The van der Waals surface area contributed by atoms with Crippen LogP contribution in [0.5, 0.6) is 0 Å². The normalized spacial score (nSPS) is 29.0. The van der Waals surface area contributed by atoms with Gasteiger partial charge in [-0.3, -0.25) is 18.9 Å². The zero-order valence-corrected chi connectivity index (χ0v) is 16.3. The Morgan fingerprint density at radius 3 is 1.16 bits per heavy atom. The van der Waals surface area contributed by atoms with E-state index in [1.807, 2.05) is 9.80 Å². The maximum absolute atomic E-state index is 11.3. The van der Waals surface area contributed by atoms with Crippen molar-refractivity contribution in [2.45, 2.75) is 6.42 Å². The van der Waals surface area contributed by atoms with Gasteiger partial charge in [-0.05, 0) is 19.5 Å². The molecule has 0 aliphatic carbocycles. The third-order valence-corrected chi connectivity index (χ3v) is 6.18. The third-order valence-electron chi connectivity index (χ3n) is 4.65. The molecule has 148 valence electrons. The predicted molar refractivity (Wildman–Crippen MR) is 94.5 cm³/mol. The summed E-state index contributed by atoms with van der Waals surface area (Å²) in [5.74, 6) is 0. The Labute approximate surface area is 148 Å². The minimum Gasteiger partial charge on any atom is -0.324 e. The van der Waals surface area contributed by atoms with Crippen LogP contribution in [0.25, 0.3) is 0 Å². The Bertz CT molecular complexity index is 453. The Morgan fingerprint density at radius 2 is 0.880 bits per heavy atom. The highest BCUT2D eigenvalue weighted by Gasteiger charge is 2.25. The molecule has 2 bridgehead atoms. The van der Waals surface area contributed by atoms with Crippen molar-refractivity contribution in [3.8, 4) is 0 Å². The van der Waals surface area contributed by atoms with Crippen molar-refractivity contribution in [2.75, 3.05) is 78.0 Å². The van der Waals surface area contributed by atoms with E-state index in [1.165, 1.54) is 0 Å². The standard InChI is InChI=1S/C13H30N4O6P2/c18-24(19,20)12-16-8-4-14-2-1-3-15(6-10-16)7-11-17(9-5-14)13-25(21,22)23/h1-13H2,(H2,18,19,20)(H2,21,22,23). The van der Waals surface area contributed by atoms with Crippen molar-refractivity contribution in [1.29, 1.82) is 0 Å². The molecule has 10 nitrogen and oxygen atoms in total. The number of fused-ring (bicyclic) bond motifs is 4. The summed E-state index contributed by atoms with van der Waals surface area (Å²) in [4.78, 5) is 45.1. The number of hydrogen-bond acceptors (Lipinski definition) is 6. The van der Waals surface area contributed by atoms with E-state index in [0.29, 0.717) is 52.4 Å². The first-order valence-electron chi connectivity index (χ1n) is 8.59. The van der Waals surface area contributed by atoms with Crippen LogP contribution in [-0.4, -0.2) is 117 Å². The van der Waals surface area contributed by atoms with Gasteiger partial charge in [-0.15, -0.1) is 0 Å². The number of rotatable bonds is 4. The van der Waals surface area contributed by atoms with Crippen LogP contribution in [-0.2, 0) is 9.13 Å². The summed E-state index contributed by atoms with van der Waals surface area (Å²) in [6.45, 7) is 6.87. The second-order valence-corrected chi connectivity index (χ2v) is 10.1. The minimum absolute atomic E-state index is 0.223. The predicted octanol–water partition coefficient (Wildman–Crippen LogP) is -1.12. The van der Waals surface area contributed by atoms with Crippen LogP contribution in [0.15, 0.2) is 0 Å². The Morgan fingerprint density at radius 1 is 0.560 bits per heavy atom. The van der Waals surface area contributed by atoms with E-state index in [1.54, 1.807) is 0 Å². The lowest BCUT2D eigenvalue weighted by atomic mass is 10.2. The molecule has 2 aliphatic heterocycles. The summed E-state index contributed by atoms with van der Waals surface area (Å²) in [6.07, 6.45) is 0.578. The van der Waals surface area contributed by atoms with Crippen molar-refractivity contribution < 1.29 is 28.7 Å². The molecule has 12 heteroatoms. The van der Waals surface area contributed by atoms with Crippen LogP contribution in [0.4, 0.5) is 0 Å². The van der Waals surface area contributed by atoms with Gasteiger partial charge in [0, 0.05) is 52.4 Å². The molecule has 0 atom stereocenters. The molecule has 0 aromatic rings. The molecule has 0 saturated carbocycles. The Balaban J connectivity index is 2.04. The van der Waals surface area contributed by atoms with Gasteiger partial charge in [0.1, 0.15) is 12.6 Å². The fourth-order valence-electron chi connectivity index (χ4n) is 3.35. The van der Waals surface area contributed by atoms with Gasteiger partial charge in [0.25, 0.3) is 0 Å². The van der Waals surface area contributed by atoms with Crippen LogP contribution in [0, 0.1) is 0 Å². The molecular weight excluding hydrogens is 370 g/mol. The number of hydrogen-bond donors (Lipinski definition) is 4. The first kappa shape index (κ1) is 21.4. The van der Waals surface area contributed by atoms with Crippen molar-refractivity contribution in [2.24, 2.45) is 0 Å². The molecule has 0 spiro atoms. The average Bonchev–Trinajstić information content (AvgIpc) is 2.47. The second-order valence-electron chi connectivity index (χ2n) is 6.89. The highest BCUT2D eigenvalue weighted by Crippen LogP contribution is 2.35. The van der Waals surface area contributed by atoms with Crippen LogP contribution in [0.3, 0.4) is 0 Å². The summed E-state index contributed by atoms with van der Waals surface area (Å²) in [6, 6.07) is 0. The Hall–Kier alpha value is 0.140. The van der Waals surface area contributed by atoms with Gasteiger partial charge in [0.15, 0.2) is 0 Å². The fourth-order valence-corrected chi connectivity index (χ4v) is 4.96. The SMILES string of the molecule is O=P(O)(O)CN1CCN2CCCN(CC1)CCN(CP(=O)(O)O)CC2. The molecule has 0 aromatic heterocycles. The molecule has 2 heterocycles. The molecule has 0 radical (unpaired) electrons. The summed E-state index contributed by atoms with van der Waals surface area (Å²) >= 11 is 0. The zero-order chi connectivity index (χ0) is 18.5. The molecule has 0 unspecified atom stereocenters. The van der Waals surface area contributed by atoms with E-state index in [9.17, 15) is 28.7 Å². The van der Waals surface area contributed by atoms with Crippen molar-refractivity contribution in [3.63, 3.8) is 0 Å². The van der Waals surface area contributed by atoms with Gasteiger partial charge >= 0.3 is 15.2 Å². The second kappa shape index (κ2) is 9.37. The van der Waals surface area contributed by atoms with E-state index in [-0.39, 0.29) is 12.6 Å². The maximum atomic E-state index is 11.3. The van der Waals surface area contributed by atoms with Gasteiger partial charge in [0.05, 0.1) is 0 Å². The van der Waals surface area contributed by atoms with E-state index in [4.69, 9.17) is 0 Å². The van der Waals surface area contributed by atoms with Gasteiger partial charge in [-0.25, -0.2) is 0 Å². The first-order valence-corrected chi connectivity index (χ1v) is 12.2. The molecular formula is C13H30N4O6P2. The van der Waals surface area contributed by atoms with Crippen LogP contribution >= 0.6 is 15.2 Å². The van der Waals surface area contributed by atoms with Gasteiger partial charge < -0.3 is 29.4 Å². The van der Waals surface area contributed by atoms with E-state index in [2.05, 4.69) is 9.80 Å². The maximum Gasteiger partial charge on any atom is 0.339 e. The smallest absolute Gasteiger partial charge is 0.324 e.